The Morgan fingerprint density at radius 1 is 0.285 bits per heavy atom. The summed E-state index contributed by atoms with van der Waals surface area (Å²) in [6.45, 7) is 97.0. The van der Waals surface area contributed by atoms with Crippen molar-refractivity contribution >= 4 is 41.8 Å². The second-order valence-corrected chi connectivity index (χ2v) is 48.8. The van der Waals surface area contributed by atoms with Crippen LogP contribution in [0.4, 0.5) is 0 Å². The number of carbonyl (C=O) groups is 7. The van der Waals surface area contributed by atoms with Gasteiger partial charge in [-0.2, -0.15) is 0 Å². The average molecular weight is 2060 g/mol. The molecule has 144 heavy (non-hydrogen) atoms. The molecule has 12 aliphatic rings. The van der Waals surface area contributed by atoms with Gasteiger partial charge in [0.25, 0.3) is 0 Å². The maximum atomic E-state index is 11.9. The predicted octanol–water partition coefficient (Wildman–Crippen LogP) is 21.8. The van der Waals surface area contributed by atoms with Crippen molar-refractivity contribution in [2.24, 2.45) is 51.8 Å². The van der Waals surface area contributed by atoms with Crippen LogP contribution >= 0.6 is 0 Å². The Labute approximate surface area is 871 Å². The molecule has 6 spiro atoms. The van der Waals surface area contributed by atoms with E-state index in [-0.39, 0.29) is 180 Å². The van der Waals surface area contributed by atoms with Gasteiger partial charge in [0.2, 0.25) is 0 Å². The Bertz CT molecular complexity index is 4200. The number of ether oxygens (including phenoxy) is 14. The predicted molar refractivity (Wildman–Crippen MR) is 557 cm³/mol. The van der Waals surface area contributed by atoms with E-state index in [1.165, 1.54) is 48.5 Å². The van der Waals surface area contributed by atoms with Crippen molar-refractivity contribution in [3.8, 4) is 0 Å². The van der Waals surface area contributed by atoms with Crippen LogP contribution in [0.25, 0.3) is 0 Å². The van der Waals surface area contributed by atoms with Gasteiger partial charge in [-0.15, -0.1) is 30.4 Å². The normalized spacial score (nSPS) is 37.0. The van der Waals surface area contributed by atoms with E-state index in [0.29, 0.717) is 124 Å². The number of carbonyl (C=O) groups excluding carboxylic acids is 7. The van der Waals surface area contributed by atoms with Gasteiger partial charge in [-0.3, -0.25) is 33.6 Å². The smallest absolute Gasteiger partial charge is 0.322 e. The van der Waals surface area contributed by atoms with E-state index in [2.05, 4.69) is 249 Å². The highest BCUT2D eigenvalue weighted by Crippen LogP contribution is 2.61. The molecule has 12 aliphatic heterocycles. The highest BCUT2D eigenvalue weighted by atomic mass is 16.8. The van der Waals surface area contributed by atoms with Gasteiger partial charge in [0.05, 0.1) is 152 Å². The monoisotopic (exact) mass is 2060 g/mol. The number of hydrogen-bond donors (Lipinski definition) is 0. The topological polar surface area (TPSA) is 324 Å². The zero-order chi connectivity index (χ0) is 107. The molecule has 0 aromatic carbocycles. The number of rotatable bonds is 19. The fourth-order valence-corrected chi connectivity index (χ4v) is 24.1. The summed E-state index contributed by atoms with van der Waals surface area (Å²) >= 11 is 0. The number of piperidine rings is 6. The van der Waals surface area contributed by atoms with Crippen LogP contribution < -0.4 is 0 Å². The van der Waals surface area contributed by atoms with Crippen molar-refractivity contribution in [1.82, 2.24) is 30.4 Å². The van der Waals surface area contributed by atoms with Crippen molar-refractivity contribution in [3.63, 3.8) is 0 Å². The lowest BCUT2D eigenvalue weighted by Gasteiger charge is -2.63. The van der Waals surface area contributed by atoms with Crippen LogP contribution in [0.15, 0.2) is 12.3 Å². The summed E-state index contributed by atoms with van der Waals surface area (Å²) < 4.78 is 85.6. The van der Waals surface area contributed by atoms with Gasteiger partial charge in [-0.1, -0.05) is 168 Å². The standard InChI is InChI=1S/C22H39NO5.C19H33NO6.C19H35NO4.C17H31NO4.C16H29NO4.C14H25NO4.4CH4/c1-10-20(8)12-22(17(5)21(9,11-2)23(20)28-18(6)24)26-14-19(7,15-27-22)13-25-16(3)4;1-8-17(6)12-19(24-11-16(25-19)10-23-14(4)21)13(3)18(7,9-2)20(17)26-15(5)22;1-9-17(7)11-19(22-12-16(5,6)13-23-19)14(3)18(8,10-2)20(17)24-15(4)21;1-12-16(7,8)18(22-13(2)19)15(5,6)9-17(12)20-10-14(3,4)11-21-17;1-7-14(5)11-16(19-9-10-20-16)12(3)15(6,8-2)17(14)21-13(4)18;1-10-13(5,6)15(19-11(2)16)12(3,4)9-14(10)17-7-8-18-14;;;;/h17H,3,10-15H2,1-2,4-9H3;13,16H,8-12H2,1-7H3;14H,9-13H2,1-8H3;12H,9-11H2,1-8H3;12H,7-11H2,1-6H3;10H,7-9H2,1-6H3;4*1H4. The second kappa shape index (κ2) is 48.6. The zero-order valence-corrected chi connectivity index (χ0v) is 95.0. The molecule has 0 N–H and O–H groups in total. The summed E-state index contributed by atoms with van der Waals surface area (Å²) in [6.07, 6.45) is 10.2. The van der Waals surface area contributed by atoms with Crippen molar-refractivity contribution in [3.05, 3.63) is 12.3 Å². The lowest BCUT2D eigenvalue weighted by molar-refractivity contribution is -0.401. The van der Waals surface area contributed by atoms with E-state index in [4.69, 9.17) is 95.3 Å². The van der Waals surface area contributed by atoms with Crippen LogP contribution in [0.3, 0.4) is 0 Å². The van der Waals surface area contributed by atoms with Crippen LogP contribution in [-0.2, 0) is 129 Å². The van der Waals surface area contributed by atoms with Crippen LogP contribution in [0.1, 0.15) is 417 Å². The number of allylic oxidation sites excluding steroid dienone is 1. The first-order chi connectivity index (χ1) is 64.0. The lowest BCUT2D eigenvalue weighted by atomic mass is 9.67. The molecule has 0 aromatic heterocycles. The molecule has 12 heterocycles. The Balaban J connectivity index is 0.000000443. The fourth-order valence-electron chi connectivity index (χ4n) is 24.1. The lowest BCUT2D eigenvalue weighted by Crippen LogP contribution is -2.74. The largest absolute Gasteiger partial charge is 0.498 e. The first-order valence-corrected chi connectivity index (χ1v) is 52.1. The molecule has 12 rings (SSSR count). The summed E-state index contributed by atoms with van der Waals surface area (Å²) in [5.41, 5.74) is -4.60. The summed E-state index contributed by atoms with van der Waals surface area (Å²) in [7, 11) is 0. The fraction of sp³-hybridized carbons (Fsp3) is 0.919. The molecule has 12 fully saturated rings. The molecule has 33 heteroatoms. The van der Waals surface area contributed by atoms with Gasteiger partial charge < -0.3 is 95.3 Å². The third-order valence-electron chi connectivity index (χ3n) is 34.6. The Morgan fingerprint density at radius 2 is 0.514 bits per heavy atom. The molecule has 0 radical (unpaired) electrons. The highest BCUT2D eigenvalue weighted by molar-refractivity contribution is 5.68. The molecule has 0 amide bonds. The average Bonchev–Trinajstić information content (AvgIpc) is 1.17. The van der Waals surface area contributed by atoms with Crippen LogP contribution in [0.2, 0.25) is 0 Å². The minimum Gasteiger partial charge on any atom is -0.498 e. The third kappa shape index (κ3) is 27.3. The number of hydrogen-bond acceptors (Lipinski definition) is 33. The SMILES string of the molecule is C.C.C.C.C=C(C)OCC1(C)COC2(CC(C)(CC)N(OC(C)=O)C(C)(CC)C2C)OC1.CC(=O)ON1C(C)(C)CC2(OCC(C)(C)CO2)C(C)C1(C)C.CC(=O)ON1C(C)(C)CC2(OCCO2)C(C)C1(C)C.CCC1(C)CC2(OCC(C)(C)CO2)C(C)C(C)(CC)N1OC(C)=O.CCC1(C)CC2(OCC(COC(C)=O)O2)C(C)C(C)(CC)N1OC(C)=O.CCC1(C)CC2(OCCO2)C(C)C(C)(CC)N1OC(C)=O. The van der Waals surface area contributed by atoms with Crippen molar-refractivity contribution in [2.75, 3.05) is 85.9 Å². The van der Waals surface area contributed by atoms with Crippen LogP contribution in [0, 0.1) is 51.8 Å². The van der Waals surface area contributed by atoms with Gasteiger partial charge in [-0.25, -0.2) is 0 Å². The van der Waals surface area contributed by atoms with Crippen LogP contribution in [-0.4, -0.2) is 265 Å². The molecular formula is C111H208N6O27. The molecule has 16 unspecified atom stereocenters. The molecule has 0 aromatic rings. The van der Waals surface area contributed by atoms with Gasteiger partial charge in [0.15, 0.2) is 34.7 Å². The summed E-state index contributed by atoms with van der Waals surface area (Å²) in [5.74, 6) is -4.99. The molecule has 12 saturated heterocycles. The molecule has 0 aliphatic carbocycles. The Kier molecular flexibility index (Phi) is 45.0. The van der Waals surface area contributed by atoms with Gasteiger partial charge in [-0.05, 0) is 169 Å². The summed E-state index contributed by atoms with van der Waals surface area (Å²) in [5, 5.41) is 11.3. The molecule has 844 valence electrons. The maximum absolute atomic E-state index is 11.9. The highest BCUT2D eigenvalue weighted by Gasteiger charge is 2.71. The Morgan fingerprint density at radius 3 is 0.757 bits per heavy atom. The number of hydroxylamine groups is 12. The van der Waals surface area contributed by atoms with Gasteiger partial charge in [0, 0.05) is 139 Å². The summed E-state index contributed by atoms with van der Waals surface area (Å²) in [6, 6.07) is 0. The zero-order valence-electron chi connectivity index (χ0n) is 95.0. The molecule has 16 atom stereocenters. The van der Waals surface area contributed by atoms with E-state index >= 15 is 0 Å². The minimum absolute atomic E-state index is 0. The number of nitrogens with zero attached hydrogens (tertiary/aromatic N) is 6. The molecule has 0 bridgehead atoms. The van der Waals surface area contributed by atoms with E-state index < -0.39 is 56.9 Å². The quantitative estimate of drug-likeness (QED) is 0.0856. The van der Waals surface area contributed by atoms with E-state index in [1.807, 2.05) is 37.3 Å². The summed E-state index contributed by atoms with van der Waals surface area (Å²) in [4.78, 5) is 115. The first kappa shape index (κ1) is 133. The first-order valence-electron chi connectivity index (χ1n) is 52.1. The molecule has 33 nitrogen and oxygen atoms in total. The van der Waals surface area contributed by atoms with Crippen molar-refractivity contribution < 1.29 is 129 Å². The minimum atomic E-state index is -0.795. The number of esters is 1. The van der Waals surface area contributed by atoms with Crippen LogP contribution in [0.5, 0.6) is 0 Å². The second-order valence-electron chi connectivity index (χ2n) is 48.8. The van der Waals surface area contributed by atoms with Gasteiger partial charge in [0.1, 0.15) is 12.7 Å². The van der Waals surface area contributed by atoms with E-state index in [1.54, 1.807) is 0 Å². The molecule has 0 saturated carbocycles. The van der Waals surface area contributed by atoms with Crippen molar-refractivity contribution in [1.29, 1.82) is 0 Å². The third-order valence-corrected chi connectivity index (χ3v) is 34.6. The van der Waals surface area contributed by atoms with E-state index in [0.717, 1.165) is 51.4 Å². The van der Waals surface area contributed by atoms with Gasteiger partial charge >= 0.3 is 41.8 Å². The molecular weight excluding hydrogens is 1850 g/mol. The van der Waals surface area contributed by atoms with E-state index in [9.17, 15) is 33.6 Å². The van der Waals surface area contributed by atoms with Crippen molar-refractivity contribution in [2.45, 2.75) is 525 Å². The maximum Gasteiger partial charge on any atom is 0.322 e. The Hall–Kier alpha value is -4.89.